The Bertz CT molecular complexity index is 422. The Morgan fingerprint density at radius 3 is 2.79 bits per heavy atom. The van der Waals surface area contributed by atoms with Gasteiger partial charge in [0.1, 0.15) is 5.82 Å². The van der Waals surface area contributed by atoms with Gasteiger partial charge in [-0.3, -0.25) is 10.2 Å². The van der Waals surface area contributed by atoms with Gasteiger partial charge in [0.05, 0.1) is 13.2 Å². The van der Waals surface area contributed by atoms with Crippen LogP contribution in [0.2, 0.25) is 0 Å². The fraction of sp³-hybridized carbons (Fsp3) is 0.538. The Hall–Kier alpha value is -1.66. The number of morpholine rings is 1. The molecule has 6 nitrogen and oxygen atoms in total. The fourth-order valence-electron chi connectivity index (χ4n) is 1.91. The van der Waals surface area contributed by atoms with Crippen molar-refractivity contribution in [1.82, 2.24) is 15.4 Å². The summed E-state index contributed by atoms with van der Waals surface area (Å²) in [6.07, 6.45) is 0.799. The van der Waals surface area contributed by atoms with Crippen molar-refractivity contribution >= 4 is 11.7 Å². The van der Waals surface area contributed by atoms with Crippen molar-refractivity contribution in [2.24, 2.45) is 0 Å². The second-order valence-corrected chi connectivity index (χ2v) is 4.38. The topological polar surface area (TPSA) is 66.5 Å². The molecule has 1 aromatic rings. The molecule has 0 unspecified atom stereocenters. The first-order valence-electron chi connectivity index (χ1n) is 6.55. The van der Waals surface area contributed by atoms with Crippen LogP contribution in [0.1, 0.15) is 23.0 Å². The van der Waals surface area contributed by atoms with Crippen molar-refractivity contribution in [2.75, 3.05) is 38.7 Å². The predicted molar refractivity (Wildman–Crippen MR) is 73.0 cm³/mol. The number of anilines is 1. The number of aromatic nitrogens is 1. The number of rotatable bonds is 4. The summed E-state index contributed by atoms with van der Waals surface area (Å²) >= 11 is 0. The van der Waals surface area contributed by atoms with Crippen LogP contribution in [0.25, 0.3) is 0 Å². The van der Waals surface area contributed by atoms with Crippen LogP contribution in [-0.4, -0.2) is 49.3 Å². The molecule has 0 saturated carbocycles. The number of pyridine rings is 1. The standard InChI is InChI=1S/C13H20N4O2/c1-3-11-8-10(9-12(14-2)15-11)13(18)16-17-4-6-19-7-5-17/h8-9H,3-7H2,1-2H3,(H,14,15)(H,16,18). The molecule has 0 radical (unpaired) electrons. The second-order valence-electron chi connectivity index (χ2n) is 4.38. The van der Waals surface area contributed by atoms with E-state index in [1.807, 2.05) is 18.0 Å². The number of nitrogens with zero attached hydrogens (tertiary/aromatic N) is 2. The van der Waals surface area contributed by atoms with Crippen LogP contribution in [0.4, 0.5) is 5.82 Å². The molecule has 1 aliphatic rings. The minimum atomic E-state index is -0.101. The Balaban J connectivity index is 2.08. The minimum Gasteiger partial charge on any atom is -0.379 e. The summed E-state index contributed by atoms with van der Waals surface area (Å²) in [6, 6.07) is 3.59. The molecule has 6 heteroatoms. The molecule has 2 heterocycles. The molecular formula is C13H20N4O2. The van der Waals surface area contributed by atoms with E-state index in [0.29, 0.717) is 24.6 Å². The highest BCUT2D eigenvalue weighted by Crippen LogP contribution is 2.11. The number of carbonyl (C=O) groups excluding carboxylic acids is 1. The molecule has 1 fully saturated rings. The Morgan fingerprint density at radius 2 is 2.16 bits per heavy atom. The van der Waals surface area contributed by atoms with Crippen LogP contribution in [-0.2, 0) is 11.2 Å². The zero-order chi connectivity index (χ0) is 13.7. The van der Waals surface area contributed by atoms with Gasteiger partial charge in [-0.25, -0.2) is 9.99 Å². The van der Waals surface area contributed by atoms with Gasteiger partial charge in [0.2, 0.25) is 0 Å². The number of nitrogens with one attached hydrogen (secondary N) is 2. The number of aryl methyl sites for hydroxylation is 1. The van der Waals surface area contributed by atoms with Gasteiger partial charge in [-0.05, 0) is 18.6 Å². The SMILES string of the molecule is CCc1cc(C(=O)NN2CCOCC2)cc(NC)n1. The summed E-state index contributed by atoms with van der Waals surface area (Å²) in [5.74, 6) is 0.613. The van der Waals surface area contributed by atoms with E-state index in [0.717, 1.165) is 25.2 Å². The molecule has 19 heavy (non-hydrogen) atoms. The third-order valence-electron chi connectivity index (χ3n) is 3.03. The summed E-state index contributed by atoms with van der Waals surface area (Å²) in [5, 5.41) is 4.86. The molecule has 0 spiro atoms. The van der Waals surface area contributed by atoms with E-state index in [9.17, 15) is 4.79 Å². The van der Waals surface area contributed by atoms with Gasteiger partial charge in [-0.1, -0.05) is 6.92 Å². The lowest BCUT2D eigenvalue weighted by Gasteiger charge is -2.27. The molecule has 0 bridgehead atoms. The van der Waals surface area contributed by atoms with Crippen LogP contribution in [0, 0.1) is 0 Å². The number of hydrazine groups is 1. The van der Waals surface area contributed by atoms with Crippen molar-refractivity contribution in [2.45, 2.75) is 13.3 Å². The summed E-state index contributed by atoms with van der Waals surface area (Å²) in [4.78, 5) is 16.6. The van der Waals surface area contributed by atoms with Gasteiger partial charge < -0.3 is 10.1 Å². The van der Waals surface area contributed by atoms with Gasteiger partial charge in [0.15, 0.2) is 0 Å². The normalized spacial score (nSPS) is 16.1. The van der Waals surface area contributed by atoms with Crippen molar-refractivity contribution in [3.63, 3.8) is 0 Å². The lowest BCUT2D eigenvalue weighted by atomic mass is 10.2. The highest BCUT2D eigenvalue weighted by atomic mass is 16.5. The van der Waals surface area contributed by atoms with E-state index in [-0.39, 0.29) is 5.91 Å². The van der Waals surface area contributed by atoms with Gasteiger partial charge >= 0.3 is 0 Å². The molecule has 0 aliphatic carbocycles. The number of hydrogen-bond donors (Lipinski definition) is 2. The third-order valence-corrected chi connectivity index (χ3v) is 3.03. The average Bonchev–Trinajstić information content (AvgIpc) is 2.47. The first-order chi connectivity index (χ1) is 9.22. The summed E-state index contributed by atoms with van der Waals surface area (Å²) < 4.78 is 5.25. The first-order valence-corrected chi connectivity index (χ1v) is 6.55. The fourth-order valence-corrected chi connectivity index (χ4v) is 1.91. The lowest BCUT2D eigenvalue weighted by Crippen LogP contribution is -2.48. The van der Waals surface area contributed by atoms with Gasteiger partial charge in [0.25, 0.3) is 5.91 Å². The number of carbonyl (C=O) groups is 1. The van der Waals surface area contributed by atoms with Crippen LogP contribution in [0.15, 0.2) is 12.1 Å². The maximum atomic E-state index is 12.2. The monoisotopic (exact) mass is 264 g/mol. The third kappa shape index (κ3) is 3.65. The summed E-state index contributed by atoms with van der Waals surface area (Å²) in [7, 11) is 1.80. The van der Waals surface area contributed by atoms with Crippen molar-refractivity contribution < 1.29 is 9.53 Å². The van der Waals surface area contributed by atoms with E-state index < -0.39 is 0 Å². The van der Waals surface area contributed by atoms with Gasteiger partial charge in [-0.2, -0.15) is 0 Å². The average molecular weight is 264 g/mol. The number of hydrogen-bond acceptors (Lipinski definition) is 5. The Labute approximate surface area is 113 Å². The summed E-state index contributed by atoms with van der Waals surface area (Å²) in [6.45, 7) is 4.76. The number of amides is 1. The van der Waals surface area contributed by atoms with Crippen molar-refractivity contribution in [3.8, 4) is 0 Å². The lowest BCUT2D eigenvalue weighted by molar-refractivity contribution is 0.0126. The molecule has 1 saturated heterocycles. The highest BCUT2D eigenvalue weighted by molar-refractivity contribution is 5.94. The molecule has 2 rings (SSSR count). The number of ether oxygens (including phenoxy) is 1. The highest BCUT2D eigenvalue weighted by Gasteiger charge is 2.15. The van der Waals surface area contributed by atoms with Crippen LogP contribution in [0.3, 0.4) is 0 Å². The zero-order valence-electron chi connectivity index (χ0n) is 11.4. The molecule has 0 aromatic carbocycles. The van der Waals surface area contributed by atoms with Crippen LogP contribution in [0.5, 0.6) is 0 Å². The van der Waals surface area contributed by atoms with Gasteiger partial charge in [0, 0.05) is 31.4 Å². The molecule has 1 aromatic heterocycles. The Kier molecular flexibility index (Phi) is 4.70. The molecule has 2 N–H and O–H groups in total. The molecule has 1 aliphatic heterocycles. The molecule has 1 amide bonds. The van der Waals surface area contributed by atoms with E-state index in [1.165, 1.54) is 0 Å². The van der Waals surface area contributed by atoms with Gasteiger partial charge in [-0.15, -0.1) is 0 Å². The second kappa shape index (κ2) is 6.49. The molecular weight excluding hydrogens is 244 g/mol. The predicted octanol–water partition coefficient (Wildman–Crippen LogP) is 0.663. The van der Waals surface area contributed by atoms with E-state index >= 15 is 0 Å². The Morgan fingerprint density at radius 1 is 1.42 bits per heavy atom. The maximum absolute atomic E-state index is 12.2. The summed E-state index contributed by atoms with van der Waals surface area (Å²) in [5.41, 5.74) is 4.43. The zero-order valence-corrected chi connectivity index (χ0v) is 11.4. The minimum absolute atomic E-state index is 0.101. The van der Waals surface area contributed by atoms with Crippen LogP contribution >= 0.6 is 0 Å². The first kappa shape index (κ1) is 13.8. The molecule has 104 valence electrons. The molecule has 0 atom stereocenters. The quantitative estimate of drug-likeness (QED) is 0.836. The van der Waals surface area contributed by atoms with E-state index in [4.69, 9.17) is 4.74 Å². The van der Waals surface area contributed by atoms with Crippen molar-refractivity contribution in [1.29, 1.82) is 0 Å². The largest absolute Gasteiger partial charge is 0.379 e. The maximum Gasteiger partial charge on any atom is 0.265 e. The van der Waals surface area contributed by atoms with Crippen molar-refractivity contribution in [3.05, 3.63) is 23.4 Å². The smallest absolute Gasteiger partial charge is 0.265 e. The van der Waals surface area contributed by atoms with E-state index in [2.05, 4.69) is 15.7 Å². The van der Waals surface area contributed by atoms with E-state index in [1.54, 1.807) is 13.1 Å². The van der Waals surface area contributed by atoms with Crippen LogP contribution < -0.4 is 10.7 Å².